The van der Waals surface area contributed by atoms with Gasteiger partial charge in [-0.3, -0.25) is 9.59 Å². The molecule has 0 spiro atoms. The number of thiophene rings is 1. The van der Waals surface area contributed by atoms with Crippen molar-refractivity contribution < 1.29 is 14.7 Å². The molecule has 1 aromatic rings. The van der Waals surface area contributed by atoms with Crippen LogP contribution < -0.4 is 5.32 Å². The summed E-state index contributed by atoms with van der Waals surface area (Å²) in [5.74, 6) is -1.83. The number of amides is 1. The number of fused-ring (bicyclic) bond motifs is 3. The smallest absolute Gasteiger partial charge is 0.307 e. The summed E-state index contributed by atoms with van der Waals surface area (Å²) in [5.41, 5.74) is 1.65. The van der Waals surface area contributed by atoms with E-state index in [1.807, 2.05) is 12.2 Å². The van der Waals surface area contributed by atoms with Crippen LogP contribution in [0.4, 0.5) is 5.00 Å². The molecule has 25 heavy (non-hydrogen) atoms. The van der Waals surface area contributed by atoms with Gasteiger partial charge in [-0.25, -0.2) is 0 Å². The van der Waals surface area contributed by atoms with E-state index in [1.165, 1.54) is 16.2 Å². The van der Waals surface area contributed by atoms with E-state index in [1.54, 1.807) is 0 Å². The zero-order valence-corrected chi connectivity index (χ0v) is 14.8. The van der Waals surface area contributed by atoms with Gasteiger partial charge in [-0.05, 0) is 49.0 Å². The van der Waals surface area contributed by atoms with Crippen molar-refractivity contribution in [3.63, 3.8) is 0 Å². The first kappa shape index (κ1) is 16.3. The number of nitrogens with one attached hydrogen (secondary N) is 1. The summed E-state index contributed by atoms with van der Waals surface area (Å²) in [5, 5.41) is 22.6. The zero-order chi connectivity index (χ0) is 17.7. The number of anilines is 1. The Balaban J connectivity index is 1.61. The number of aliphatic carboxylic acids is 1. The number of carboxylic acid groups (broad SMARTS) is 1. The molecular weight excluding hydrogens is 336 g/mol. The van der Waals surface area contributed by atoms with Crippen molar-refractivity contribution in [2.24, 2.45) is 29.6 Å². The fraction of sp³-hybridized carbons (Fsp3) is 0.526. The van der Waals surface area contributed by atoms with Crippen LogP contribution in [0, 0.1) is 40.9 Å². The van der Waals surface area contributed by atoms with E-state index in [4.69, 9.17) is 0 Å². The van der Waals surface area contributed by atoms with Crippen molar-refractivity contribution in [3.05, 3.63) is 28.2 Å². The van der Waals surface area contributed by atoms with E-state index in [9.17, 15) is 20.0 Å². The molecule has 1 saturated carbocycles. The highest BCUT2D eigenvalue weighted by molar-refractivity contribution is 7.16. The van der Waals surface area contributed by atoms with Gasteiger partial charge in [-0.1, -0.05) is 19.1 Å². The second-order valence-electron chi connectivity index (χ2n) is 7.50. The van der Waals surface area contributed by atoms with Gasteiger partial charge in [0.2, 0.25) is 5.91 Å². The Bertz CT molecular complexity index is 819. The third-order valence-electron chi connectivity index (χ3n) is 5.91. The number of carbonyl (C=O) groups is 2. The minimum Gasteiger partial charge on any atom is -0.481 e. The van der Waals surface area contributed by atoms with Gasteiger partial charge in [0.15, 0.2) is 0 Å². The van der Waals surface area contributed by atoms with E-state index in [0.717, 1.165) is 31.2 Å². The Kier molecular flexibility index (Phi) is 3.92. The van der Waals surface area contributed by atoms with E-state index >= 15 is 0 Å². The van der Waals surface area contributed by atoms with Gasteiger partial charge in [0, 0.05) is 4.88 Å². The van der Waals surface area contributed by atoms with Gasteiger partial charge in [0.25, 0.3) is 0 Å². The third-order valence-corrected chi connectivity index (χ3v) is 7.08. The maximum atomic E-state index is 12.9. The van der Waals surface area contributed by atoms with Crippen molar-refractivity contribution in [1.29, 1.82) is 5.26 Å². The van der Waals surface area contributed by atoms with E-state index in [0.29, 0.717) is 16.5 Å². The SMILES string of the molecule is C[C@@H]1CCc2c(sc(NC(=O)[C@H]3[C@@H](C(=O)O)[C@H]4C=C[C@@H]3C4)c2C#N)C1. The molecule has 1 heterocycles. The van der Waals surface area contributed by atoms with Crippen LogP contribution in [0.5, 0.6) is 0 Å². The lowest BCUT2D eigenvalue weighted by molar-refractivity contribution is -0.146. The standard InChI is InChI=1S/C19H20N2O3S/c1-9-2-5-12-13(8-20)18(25-14(12)6-9)21-17(22)15-10-3-4-11(7-10)16(15)19(23)24/h3-4,9-11,15-16H,2,5-7H2,1H3,(H,21,22)(H,23,24)/t9-,10-,11+,15-,16+/m1/s1. The summed E-state index contributed by atoms with van der Waals surface area (Å²) in [6.07, 6.45) is 7.52. The summed E-state index contributed by atoms with van der Waals surface area (Å²) < 4.78 is 0. The van der Waals surface area contributed by atoms with E-state index in [-0.39, 0.29) is 17.7 Å². The predicted octanol–water partition coefficient (Wildman–Crippen LogP) is 3.21. The van der Waals surface area contributed by atoms with Gasteiger partial charge in [0.1, 0.15) is 11.1 Å². The van der Waals surface area contributed by atoms with Crippen LogP contribution in [0.3, 0.4) is 0 Å². The molecule has 2 N–H and O–H groups in total. The van der Waals surface area contributed by atoms with Crippen LogP contribution in [-0.4, -0.2) is 17.0 Å². The molecule has 3 aliphatic rings. The van der Waals surface area contributed by atoms with Crippen molar-refractivity contribution in [3.8, 4) is 6.07 Å². The van der Waals surface area contributed by atoms with Crippen LogP contribution in [0.1, 0.15) is 35.8 Å². The second kappa shape index (κ2) is 5.99. The molecule has 1 amide bonds. The molecule has 0 radical (unpaired) electrons. The first-order valence-corrected chi connectivity index (χ1v) is 9.58. The molecule has 0 unspecified atom stereocenters. The molecule has 4 rings (SSSR count). The molecule has 6 heteroatoms. The van der Waals surface area contributed by atoms with Gasteiger partial charge >= 0.3 is 5.97 Å². The fourth-order valence-electron chi connectivity index (χ4n) is 4.67. The van der Waals surface area contributed by atoms with Crippen LogP contribution in [0.2, 0.25) is 0 Å². The number of nitrogens with zero attached hydrogens (tertiary/aromatic N) is 1. The molecule has 0 aromatic carbocycles. The normalized spacial score (nSPS) is 32.2. The molecule has 5 nitrogen and oxygen atoms in total. The summed E-state index contributed by atoms with van der Waals surface area (Å²) in [6.45, 7) is 2.20. The van der Waals surface area contributed by atoms with Crippen LogP contribution >= 0.6 is 11.3 Å². The monoisotopic (exact) mass is 356 g/mol. The van der Waals surface area contributed by atoms with Gasteiger partial charge < -0.3 is 10.4 Å². The van der Waals surface area contributed by atoms with E-state index in [2.05, 4.69) is 18.3 Å². The third kappa shape index (κ3) is 2.58. The molecule has 1 aromatic heterocycles. The lowest BCUT2D eigenvalue weighted by atomic mass is 9.82. The Morgan fingerprint density at radius 3 is 2.72 bits per heavy atom. The largest absolute Gasteiger partial charge is 0.481 e. The molecule has 0 aliphatic heterocycles. The topological polar surface area (TPSA) is 90.2 Å². The average Bonchev–Trinajstić information content (AvgIpc) is 3.25. The number of hydrogen-bond donors (Lipinski definition) is 2. The van der Waals surface area contributed by atoms with Crippen LogP contribution in [0.15, 0.2) is 12.2 Å². The lowest BCUT2D eigenvalue weighted by Gasteiger charge is -2.23. The van der Waals surface area contributed by atoms with Crippen molar-refractivity contribution in [2.45, 2.75) is 32.6 Å². The Morgan fingerprint density at radius 2 is 2.04 bits per heavy atom. The minimum absolute atomic E-state index is 0.00811. The zero-order valence-electron chi connectivity index (χ0n) is 14.0. The molecule has 0 saturated heterocycles. The van der Waals surface area contributed by atoms with Crippen molar-refractivity contribution in [1.82, 2.24) is 0 Å². The lowest BCUT2D eigenvalue weighted by Crippen LogP contribution is -2.36. The van der Waals surface area contributed by atoms with Crippen molar-refractivity contribution >= 4 is 28.2 Å². The number of hydrogen-bond acceptors (Lipinski definition) is 4. The van der Waals surface area contributed by atoms with Crippen molar-refractivity contribution in [2.75, 3.05) is 5.32 Å². The highest BCUT2D eigenvalue weighted by Crippen LogP contribution is 2.49. The molecule has 2 bridgehead atoms. The number of carbonyl (C=O) groups excluding carboxylic acids is 1. The Hall–Kier alpha value is -2.13. The summed E-state index contributed by atoms with van der Waals surface area (Å²) >= 11 is 1.49. The number of carboxylic acids is 1. The first-order valence-electron chi connectivity index (χ1n) is 8.76. The summed E-state index contributed by atoms with van der Waals surface area (Å²) in [7, 11) is 0. The fourth-order valence-corrected chi connectivity index (χ4v) is 6.03. The maximum Gasteiger partial charge on any atom is 0.307 e. The molecule has 130 valence electrons. The highest BCUT2D eigenvalue weighted by Gasteiger charge is 2.51. The maximum absolute atomic E-state index is 12.9. The first-order chi connectivity index (χ1) is 12.0. The molecule has 3 aliphatic carbocycles. The molecule has 5 atom stereocenters. The number of nitriles is 1. The van der Waals surface area contributed by atoms with Gasteiger partial charge in [-0.2, -0.15) is 5.26 Å². The van der Waals surface area contributed by atoms with Gasteiger partial charge in [-0.15, -0.1) is 11.3 Å². The Morgan fingerprint density at radius 1 is 1.32 bits per heavy atom. The second-order valence-corrected chi connectivity index (χ2v) is 8.60. The number of allylic oxidation sites excluding steroid dienone is 2. The highest BCUT2D eigenvalue weighted by atomic mass is 32.1. The summed E-state index contributed by atoms with van der Waals surface area (Å²) in [4.78, 5) is 25.7. The number of rotatable bonds is 3. The summed E-state index contributed by atoms with van der Waals surface area (Å²) in [6, 6.07) is 2.25. The van der Waals surface area contributed by atoms with Crippen LogP contribution in [-0.2, 0) is 22.4 Å². The average molecular weight is 356 g/mol. The molecule has 1 fully saturated rings. The minimum atomic E-state index is -0.906. The molecular formula is C19H20N2O3S. The van der Waals surface area contributed by atoms with Crippen LogP contribution in [0.25, 0.3) is 0 Å². The van der Waals surface area contributed by atoms with Gasteiger partial charge in [0.05, 0.1) is 17.4 Å². The Labute approximate surface area is 150 Å². The predicted molar refractivity (Wildman–Crippen MR) is 94.2 cm³/mol. The quantitative estimate of drug-likeness (QED) is 0.814. The van der Waals surface area contributed by atoms with E-state index < -0.39 is 17.8 Å².